The average molecular weight is 182 g/mol. The van der Waals surface area contributed by atoms with E-state index in [1.165, 1.54) is 5.56 Å². The SMILES string of the molecule is C[C@H](O)CSCc1ccccc1. The highest BCUT2D eigenvalue weighted by Crippen LogP contribution is 2.12. The minimum absolute atomic E-state index is 0.196. The van der Waals surface area contributed by atoms with Gasteiger partial charge in [0.25, 0.3) is 0 Å². The Morgan fingerprint density at radius 2 is 2.00 bits per heavy atom. The first-order valence-electron chi connectivity index (χ1n) is 4.09. The number of aliphatic hydroxyl groups is 1. The van der Waals surface area contributed by atoms with Gasteiger partial charge in [0, 0.05) is 11.5 Å². The maximum absolute atomic E-state index is 9.01. The first-order valence-corrected chi connectivity index (χ1v) is 5.24. The van der Waals surface area contributed by atoms with Gasteiger partial charge in [-0.2, -0.15) is 11.8 Å². The summed E-state index contributed by atoms with van der Waals surface area (Å²) in [4.78, 5) is 0. The normalized spacial score (nSPS) is 12.8. The van der Waals surface area contributed by atoms with Crippen LogP contribution in [0, 0.1) is 0 Å². The van der Waals surface area contributed by atoms with Gasteiger partial charge in [0.05, 0.1) is 6.10 Å². The van der Waals surface area contributed by atoms with Crippen molar-refractivity contribution < 1.29 is 5.11 Å². The van der Waals surface area contributed by atoms with Crippen molar-refractivity contribution in [1.29, 1.82) is 0 Å². The van der Waals surface area contributed by atoms with Crippen LogP contribution in [-0.4, -0.2) is 17.0 Å². The third-order valence-electron chi connectivity index (χ3n) is 1.47. The third kappa shape index (κ3) is 3.79. The molecule has 0 aliphatic carbocycles. The molecule has 0 saturated carbocycles. The molecule has 0 aliphatic heterocycles. The molecule has 1 N–H and O–H groups in total. The Labute approximate surface area is 77.8 Å². The highest BCUT2D eigenvalue weighted by atomic mass is 32.2. The second-order valence-corrected chi connectivity index (χ2v) is 3.88. The Bertz CT molecular complexity index is 208. The van der Waals surface area contributed by atoms with Gasteiger partial charge in [-0.1, -0.05) is 30.3 Å². The fraction of sp³-hybridized carbons (Fsp3) is 0.400. The van der Waals surface area contributed by atoms with E-state index in [-0.39, 0.29) is 6.10 Å². The van der Waals surface area contributed by atoms with Crippen molar-refractivity contribution in [2.45, 2.75) is 18.8 Å². The molecule has 1 atom stereocenters. The fourth-order valence-corrected chi connectivity index (χ4v) is 1.81. The molecule has 0 unspecified atom stereocenters. The Morgan fingerprint density at radius 3 is 2.58 bits per heavy atom. The molecule has 1 aromatic carbocycles. The van der Waals surface area contributed by atoms with Crippen LogP contribution >= 0.6 is 11.8 Å². The molecular formula is C10H14OS. The predicted octanol–water partition coefficient (Wildman–Crippen LogP) is 2.30. The summed E-state index contributed by atoms with van der Waals surface area (Å²) in [7, 11) is 0. The molecule has 1 nitrogen and oxygen atoms in total. The highest BCUT2D eigenvalue weighted by molar-refractivity contribution is 7.98. The predicted molar refractivity (Wildman–Crippen MR) is 54.3 cm³/mol. The fourth-order valence-electron chi connectivity index (χ4n) is 0.922. The van der Waals surface area contributed by atoms with E-state index in [4.69, 9.17) is 5.11 Å². The van der Waals surface area contributed by atoms with Gasteiger partial charge in [0.1, 0.15) is 0 Å². The maximum Gasteiger partial charge on any atom is 0.0602 e. The summed E-state index contributed by atoms with van der Waals surface area (Å²) in [6, 6.07) is 10.3. The molecule has 12 heavy (non-hydrogen) atoms. The van der Waals surface area contributed by atoms with Gasteiger partial charge < -0.3 is 5.11 Å². The van der Waals surface area contributed by atoms with Gasteiger partial charge in [0.15, 0.2) is 0 Å². The molecule has 0 aromatic heterocycles. The van der Waals surface area contributed by atoms with E-state index in [2.05, 4.69) is 12.1 Å². The second kappa shape index (κ2) is 5.22. The molecule has 2 heteroatoms. The van der Waals surface area contributed by atoms with Gasteiger partial charge in [-0.15, -0.1) is 0 Å². The smallest absolute Gasteiger partial charge is 0.0602 e. The summed E-state index contributed by atoms with van der Waals surface area (Å²) in [6.45, 7) is 1.82. The summed E-state index contributed by atoms with van der Waals surface area (Å²) in [6.07, 6.45) is -0.196. The van der Waals surface area contributed by atoms with E-state index < -0.39 is 0 Å². The molecule has 0 fully saturated rings. The number of thioether (sulfide) groups is 1. The molecule has 0 heterocycles. The average Bonchev–Trinajstić information content (AvgIpc) is 2.05. The van der Waals surface area contributed by atoms with E-state index in [0.29, 0.717) is 0 Å². The molecule has 1 rings (SSSR count). The lowest BCUT2D eigenvalue weighted by Gasteiger charge is -2.03. The van der Waals surface area contributed by atoms with Crippen molar-refractivity contribution in [3.05, 3.63) is 35.9 Å². The molecule has 0 radical (unpaired) electrons. The van der Waals surface area contributed by atoms with Gasteiger partial charge in [-0.05, 0) is 12.5 Å². The summed E-state index contributed by atoms with van der Waals surface area (Å²) in [5, 5.41) is 9.01. The third-order valence-corrected chi connectivity index (χ3v) is 2.73. The lowest BCUT2D eigenvalue weighted by atomic mass is 10.2. The van der Waals surface area contributed by atoms with E-state index in [1.807, 2.05) is 25.1 Å². The number of benzene rings is 1. The zero-order valence-corrected chi connectivity index (χ0v) is 8.05. The number of hydrogen-bond acceptors (Lipinski definition) is 2. The van der Waals surface area contributed by atoms with Crippen LogP contribution in [0.4, 0.5) is 0 Å². The summed E-state index contributed by atoms with van der Waals surface area (Å²) in [5.74, 6) is 1.81. The molecule has 0 spiro atoms. The first kappa shape index (κ1) is 9.62. The van der Waals surface area contributed by atoms with Gasteiger partial charge in [-0.25, -0.2) is 0 Å². The van der Waals surface area contributed by atoms with Crippen LogP contribution in [-0.2, 0) is 5.75 Å². The second-order valence-electron chi connectivity index (χ2n) is 2.85. The summed E-state index contributed by atoms with van der Waals surface area (Å²) >= 11 is 1.76. The van der Waals surface area contributed by atoms with Crippen molar-refractivity contribution in [2.75, 3.05) is 5.75 Å². The lowest BCUT2D eigenvalue weighted by Crippen LogP contribution is -2.02. The first-order chi connectivity index (χ1) is 5.79. The largest absolute Gasteiger partial charge is 0.393 e. The van der Waals surface area contributed by atoms with Gasteiger partial charge in [0.2, 0.25) is 0 Å². The quantitative estimate of drug-likeness (QED) is 0.771. The topological polar surface area (TPSA) is 20.2 Å². The maximum atomic E-state index is 9.01. The van der Waals surface area contributed by atoms with Crippen molar-refractivity contribution in [2.24, 2.45) is 0 Å². The van der Waals surface area contributed by atoms with E-state index in [9.17, 15) is 0 Å². The number of rotatable bonds is 4. The van der Waals surface area contributed by atoms with Crippen LogP contribution in [0.5, 0.6) is 0 Å². The molecule has 66 valence electrons. The molecular weight excluding hydrogens is 168 g/mol. The van der Waals surface area contributed by atoms with Crippen LogP contribution in [0.1, 0.15) is 12.5 Å². The van der Waals surface area contributed by atoms with E-state index in [0.717, 1.165) is 11.5 Å². The molecule has 0 bridgehead atoms. The minimum Gasteiger partial charge on any atom is -0.393 e. The Kier molecular flexibility index (Phi) is 4.19. The lowest BCUT2D eigenvalue weighted by molar-refractivity contribution is 0.220. The van der Waals surface area contributed by atoms with Crippen LogP contribution in [0.2, 0.25) is 0 Å². The van der Waals surface area contributed by atoms with Crippen LogP contribution in [0.25, 0.3) is 0 Å². The molecule has 0 aliphatic rings. The monoisotopic (exact) mass is 182 g/mol. The molecule has 0 saturated heterocycles. The zero-order valence-electron chi connectivity index (χ0n) is 7.23. The Morgan fingerprint density at radius 1 is 1.33 bits per heavy atom. The van der Waals surface area contributed by atoms with Crippen LogP contribution < -0.4 is 0 Å². The Balaban J connectivity index is 2.25. The standard InChI is InChI=1S/C10H14OS/c1-9(11)7-12-8-10-5-3-2-4-6-10/h2-6,9,11H,7-8H2,1H3/t9-/m0/s1. The van der Waals surface area contributed by atoms with Crippen molar-refractivity contribution in [3.63, 3.8) is 0 Å². The summed E-state index contributed by atoms with van der Waals surface area (Å²) in [5.41, 5.74) is 1.32. The van der Waals surface area contributed by atoms with Crippen molar-refractivity contribution in [3.8, 4) is 0 Å². The van der Waals surface area contributed by atoms with Crippen molar-refractivity contribution in [1.82, 2.24) is 0 Å². The number of aliphatic hydroxyl groups excluding tert-OH is 1. The van der Waals surface area contributed by atoms with Crippen LogP contribution in [0.15, 0.2) is 30.3 Å². The van der Waals surface area contributed by atoms with Crippen LogP contribution in [0.3, 0.4) is 0 Å². The molecule has 0 amide bonds. The molecule has 1 aromatic rings. The van der Waals surface area contributed by atoms with Gasteiger partial charge in [-0.3, -0.25) is 0 Å². The summed E-state index contributed by atoms with van der Waals surface area (Å²) < 4.78 is 0. The minimum atomic E-state index is -0.196. The Hall–Kier alpha value is -0.470. The van der Waals surface area contributed by atoms with Crippen molar-refractivity contribution >= 4 is 11.8 Å². The number of hydrogen-bond donors (Lipinski definition) is 1. The zero-order chi connectivity index (χ0) is 8.81. The van der Waals surface area contributed by atoms with E-state index in [1.54, 1.807) is 11.8 Å². The van der Waals surface area contributed by atoms with E-state index >= 15 is 0 Å². The van der Waals surface area contributed by atoms with Gasteiger partial charge >= 0.3 is 0 Å². The highest BCUT2D eigenvalue weighted by Gasteiger charge is 1.96.